The van der Waals surface area contributed by atoms with Gasteiger partial charge in [0.05, 0.1) is 36.5 Å². The number of nitrogens with two attached hydrogens (primary N) is 1. The topological polar surface area (TPSA) is 150 Å². The number of nitrogens with zero attached hydrogens (tertiary/aromatic N) is 3. The number of ether oxygens (including phenoxy) is 3. The van der Waals surface area contributed by atoms with E-state index >= 15 is 0 Å². The van der Waals surface area contributed by atoms with Gasteiger partial charge in [0.25, 0.3) is 5.91 Å². The molecule has 4 aromatic rings. The first kappa shape index (κ1) is 29.0. The van der Waals surface area contributed by atoms with Crippen molar-refractivity contribution in [2.75, 3.05) is 13.2 Å². The fourth-order valence-electron chi connectivity index (χ4n) is 5.78. The molecule has 234 valence electrons. The van der Waals surface area contributed by atoms with Gasteiger partial charge in [0.15, 0.2) is 11.5 Å². The Kier molecular flexibility index (Phi) is 6.88. The summed E-state index contributed by atoms with van der Waals surface area (Å²) in [6.07, 6.45) is 1.29. The number of nitrogens with one attached hydrogen (secondary N) is 1. The van der Waals surface area contributed by atoms with Crippen molar-refractivity contribution in [3.63, 3.8) is 0 Å². The van der Waals surface area contributed by atoms with E-state index in [0.717, 1.165) is 24.1 Å². The van der Waals surface area contributed by atoms with Gasteiger partial charge in [-0.05, 0) is 81.0 Å². The van der Waals surface area contributed by atoms with Crippen LogP contribution in [0.3, 0.4) is 0 Å². The molecule has 0 saturated heterocycles. The van der Waals surface area contributed by atoms with E-state index in [2.05, 4.69) is 19.9 Å². The van der Waals surface area contributed by atoms with Crippen molar-refractivity contribution in [1.82, 2.24) is 19.9 Å². The number of primary amides is 1. The first-order valence-electron chi connectivity index (χ1n) is 14.9. The molecule has 1 aromatic carbocycles. The Morgan fingerprint density at radius 1 is 1.13 bits per heavy atom. The molecule has 0 bridgehead atoms. The highest BCUT2D eigenvalue weighted by Crippen LogP contribution is 2.48. The van der Waals surface area contributed by atoms with E-state index in [-0.39, 0.29) is 60.0 Å². The zero-order valence-electron chi connectivity index (χ0n) is 24.4. The molecule has 13 heteroatoms. The van der Waals surface area contributed by atoms with Crippen LogP contribution in [-0.4, -0.2) is 51.0 Å². The second kappa shape index (κ2) is 10.7. The van der Waals surface area contributed by atoms with Crippen LogP contribution in [0.2, 0.25) is 0 Å². The van der Waals surface area contributed by atoms with Crippen molar-refractivity contribution in [3.05, 3.63) is 71.2 Å². The Balaban J connectivity index is 1.23. The zero-order valence-corrected chi connectivity index (χ0v) is 24.4. The van der Waals surface area contributed by atoms with Crippen LogP contribution < -0.4 is 25.3 Å². The van der Waals surface area contributed by atoms with Gasteiger partial charge < -0.3 is 30.4 Å². The van der Waals surface area contributed by atoms with Gasteiger partial charge >= 0.3 is 6.29 Å². The average Bonchev–Trinajstić information content (AvgIpc) is 3.93. The number of amides is 2. The second-order valence-electron chi connectivity index (χ2n) is 11.8. The Morgan fingerprint density at radius 3 is 2.62 bits per heavy atom. The monoisotopic (exact) mass is 619 g/mol. The standard InChI is InChI=1S/C32H31F2N5O6/c1-2-43-29-20(14-27(35)40)13-26(37-28(29)18-5-8-24-25(12-18)45-32(33,34)44-24)31(42,21-6-7-21)16-36-30(41)19-9-10-39-22(11-19)15-23(38-39)17-3-4-17/h5,8-13,15,17,21,42H,2-4,6-7,14,16H2,1H3,(H2,35,40)(H,36,41)/t31-/m1/s1. The van der Waals surface area contributed by atoms with E-state index in [4.69, 9.17) is 15.5 Å². The molecule has 45 heavy (non-hydrogen) atoms. The molecular formula is C32H31F2N5O6. The molecule has 3 aromatic heterocycles. The predicted molar refractivity (Wildman–Crippen MR) is 156 cm³/mol. The highest BCUT2D eigenvalue weighted by molar-refractivity contribution is 5.95. The molecule has 0 radical (unpaired) electrons. The number of carbonyl (C=O) groups excluding carboxylic acids is 2. The third-order valence-electron chi connectivity index (χ3n) is 8.33. The maximum absolute atomic E-state index is 13.8. The number of hydrogen-bond acceptors (Lipinski definition) is 8. The predicted octanol–water partition coefficient (Wildman–Crippen LogP) is 4.05. The molecule has 1 atom stereocenters. The molecule has 0 spiro atoms. The lowest BCUT2D eigenvalue weighted by Gasteiger charge is -2.30. The Hall–Kier alpha value is -4.78. The molecule has 4 heterocycles. The summed E-state index contributed by atoms with van der Waals surface area (Å²) in [6.45, 7) is 1.78. The summed E-state index contributed by atoms with van der Waals surface area (Å²) in [5.41, 5.74) is 7.24. The number of carbonyl (C=O) groups is 2. The van der Waals surface area contributed by atoms with Gasteiger partial charge in [-0.15, -0.1) is 8.78 Å². The molecule has 4 N–H and O–H groups in total. The summed E-state index contributed by atoms with van der Waals surface area (Å²) in [4.78, 5) is 30.2. The molecule has 11 nitrogen and oxygen atoms in total. The van der Waals surface area contributed by atoms with Crippen LogP contribution in [0.4, 0.5) is 8.78 Å². The maximum atomic E-state index is 13.8. The van der Waals surface area contributed by atoms with E-state index in [0.29, 0.717) is 35.4 Å². The molecule has 7 rings (SSSR count). The minimum absolute atomic E-state index is 0.148. The molecule has 2 amide bonds. The van der Waals surface area contributed by atoms with E-state index in [1.165, 1.54) is 18.2 Å². The molecule has 2 saturated carbocycles. The number of benzene rings is 1. The van der Waals surface area contributed by atoms with Crippen LogP contribution in [0.15, 0.2) is 48.7 Å². The van der Waals surface area contributed by atoms with Crippen LogP contribution in [-0.2, 0) is 16.8 Å². The van der Waals surface area contributed by atoms with Gasteiger partial charge in [-0.1, -0.05) is 0 Å². The fourth-order valence-corrected chi connectivity index (χ4v) is 5.78. The smallest absolute Gasteiger partial charge is 0.491 e. The summed E-state index contributed by atoms with van der Waals surface area (Å²) in [5, 5.41) is 19.6. The average molecular weight is 620 g/mol. The number of halogens is 2. The van der Waals surface area contributed by atoms with Crippen LogP contribution >= 0.6 is 0 Å². The summed E-state index contributed by atoms with van der Waals surface area (Å²) < 4.78 is 44.4. The quantitative estimate of drug-likeness (QED) is 0.228. The number of alkyl halides is 2. The number of pyridine rings is 2. The fraction of sp³-hybridized carbons (Fsp3) is 0.375. The highest BCUT2D eigenvalue weighted by atomic mass is 19.3. The van der Waals surface area contributed by atoms with Gasteiger partial charge in [0, 0.05) is 28.8 Å². The lowest BCUT2D eigenvalue weighted by atomic mass is 9.90. The van der Waals surface area contributed by atoms with E-state index in [1.807, 2.05) is 6.07 Å². The van der Waals surface area contributed by atoms with Gasteiger partial charge in [0.1, 0.15) is 17.0 Å². The van der Waals surface area contributed by atoms with Crippen LogP contribution in [0.25, 0.3) is 16.8 Å². The molecule has 2 fully saturated rings. The van der Waals surface area contributed by atoms with Crippen molar-refractivity contribution in [3.8, 4) is 28.5 Å². The summed E-state index contributed by atoms with van der Waals surface area (Å²) in [7, 11) is 0. The third-order valence-corrected chi connectivity index (χ3v) is 8.33. The van der Waals surface area contributed by atoms with Crippen molar-refractivity contribution in [1.29, 1.82) is 0 Å². The van der Waals surface area contributed by atoms with E-state index < -0.39 is 17.8 Å². The molecule has 3 aliphatic rings. The Labute approximate surface area is 256 Å². The molecular weight excluding hydrogens is 588 g/mol. The normalized spacial score (nSPS) is 18.0. The van der Waals surface area contributed by atoms with Crippen molar-refractivity contribution >= 4 is 17.3 Å². The minimum Gasteiger partial charge on any atom is -0.491 e. The third kappa shape index (κ3) is 5.63. The molecule has 0 unspecified atom stereocenters. The van der Waals surface area contributed by atoms with Gasteiger partial charge in [-0.25, -0.2) is 9.50 Å². The Morgan fingerprint density at radius 2 is 1.91 bits per heavy atom. The number of fused-ring (bicyclic) bond motifs is 2. The number of aliphatic hydroxyl groups is 1. The number of hydrogen-bond donors (Lipinski definition) is 3. The van der Waals surface area contributed by atoms with Crippen molar-refractivity contribution < 1.29 is 37.7 Å². The van der Waals surface area contributed by atoms with Gasteiger partial charge in [-0.3, -0.25) is 9.59 Å². The summed E-state index contributed by atoms with van der Waals surface area (Å²) in [5.74, 6) is -0.920. The van der Waals surface area contributed by atoms with Crippen LogP contribution in [0.5, 0.6) is 17.2 Å². The van der Waals surface area contributed by atoms with Crippen molar-refractivity contribution in [2.45, 2.75) is 56.8 Å². The van der Waals surface area contributed by atoms with Gasteiger partial charge in [0.2, 0.25) is 5.91 Å². The lowest BCUT2D eigenvalue weighted by Crippen LogP contribution is -2.43. The van der Waals surface area contributed by atoms with E-state index in [9.17, 15) is 23.5 Å². The number of rotatable bonds is 11. The summed E-state index contributed by atoms with van der Waals surface area (Å²) in [6, 6.07) is 11.1. The Bertz CT molecular complexity index is 1840. The SMILES string of the molecule is CCOc1c(CC(N)=O)cc([C@@](O)(CNC(=O)c2ccn3nc(C4CC4)cc3c2)C2CC2)nc1-c1ccc2c(c1)OC(F)(F)O2. The van der Waals surface area contributed by atoms with Crippen LogP contribution in [0, 0.1) is 5.92 Å². The first-order valence-corrected chi connectivity index (χ1v) is 14.9. The maximum Gasteiger partial charge on any atom is 0.586 e. The van der Waals surface area contributed by atoms with Crippen LogP contribution in [0.1, 0.15) is 65.8 Å². The largest absolute Gasteiger partial charge is 0.586 e. The summed E-state index contributed by atoms with van der Waals surface area (Å²) >= 11 is 0. The molecule has 2 aliphatic carbocycles. The zero-order chi connectivity index (χ0) is 31.5. The number of aromatic nitrogens is 3. The van der Waals surface area contributed by atoms with Gasteiger partial charge in [-0.2, -0.15) is 5.10 Å². The lowest BCUT2D eigenvalue weighted by molar-refractivity contribution is -0.286. The molecule has 1 aliphatic heterocycles. The van der Waals surface area contributed by atoms with E-state index in [1.54, 1.807) is 35.8 Å². The second-order valence-corrected chi connectivity index (χ2v) is 11.8. The first-order chi connectivity index (χ1) is 21.5. The highest BCUT2D eigenvalue weighted by Gasteiger charge is 2.47. The minimum atomic E-state index is -3.82. The van der Waals surface area contributed by atoms with Crippen molar-refractivity contribution in [2.24, 2.45) is 11.7 Å².